The summed E-state index contributed by atoms with van der Waals surface area (Å²) in [6, 6.07) is 22.2. The highest BCUT2D eigenvalue weighted by Crippen LogP contribution is 2.19. The summed E-state index contributed by atoms with van der Waals surface area (Å²) in [5.41, 5.74) is 13.3. The van der Waals surface area contributed by atoms with Crippen LogP contribution in [0.25, 0.3) is 10.8 Å². The molecule has 12 N–H and O–H groups in total. The van der Waals surface area contributed by atoms with Crippen molar-refractivity contribution >= 4 is 45.9 Å². The van der Waals surface area contributed by atoms with Gasteiger partial charge in [0.1, 0.15) is 30.7 Å². The van der Waals surface area contributed by atoms with Crippen LogP contribution in [0.1, 0.15) is 40.9 Å². The van der Waals surface area contributed by atoms with Crippen molar-refractivity contribution < 1.29 is 35.1 Å². The van der Waals surface area contributed by atoms with Crippen LogP contribution in [0.5, 0.6) is 5.75 Å². The molecule has 1 amide bonds. The Morgan fingerprint density at radius 3 is 2.26 bits per heavy atom. The first-order valence-electron chi connectivity index (χ1n) is 17.4. The summed E-state index contributed by atoms with van der Waals surface area (Å²) in [6.07, 6.45) is -2.36. The van der Waals surface area contributed by atoms with Gasteiger partial charge in [0.15, 0.2) is 28.4 Å². The molecular weight excluding hydrogens is 704 g/mol. The first-order chi connectivity index (χ1) is 25.4. The number of guanidine groups is 1. The van der Waals surface area contributed by atoms with E-state index in [4.69, 9.17) is 38.3 Å². The van der Waals surface area contributed by atoms with Gasteiger partial charge in [0.05, 0.1) is 12.7 Å². The predicted molar refractivity (Wildman–Crippen MR) is 204 cm³/mol. The highest BCUT2D eigenvalue weighted by Gasteiger charge is 2.31. The number of carbonyl (C=O) groups excluding carboxylic acids is 1. The van der Waals surface area contributed by atoms with Gasteiger partial charge in [-0.2, -0.15) is 0 Å². The first kappa shape index (κ1) is 41.2. The number of aryl methyl sites for hydroxylation is 2. The minimum atomic E-state index is -1.70. The van der Waals surface area contributed by atoms with Crippen molar-refractivity contribution in [2.45, 2.75) is 56.5 Å². The Kier molecular flexibility index (Phi) is 16.0. The van der Waals surface area contributed by atoms with Crippen LogP contribution in [0.4, 0.5) is 11.6 Å². The molecule has 0 saturated heterocycles. The average molecular weight is 753 g/mol. The number of nitrogens with zero attached hydrogens (tertiary/aromatic N) is 3. The molecule has 0 fully saturated rings. The summed E-state index contributed by atoms with van der Waals surface area (Å²) in [7, 11) is 0. The van der Waals surface area contributed by atoms with Crippen LogP contribution in [0, 0.1) is 5.41 Å². The molecule has 16 heteroatoms. The second kappa shape index (κ2) is 20.6. The molecule has 0 radical (unpaired) electrons. The number of benzene rings is 3. The Balaban J connectivity index is 1.20. The fourth-order valence-electron chi connectivity index (χ4n) is 5.67. The largest absolute Gasteiger partial charge is 0.492 e. The Hall–Kier alpha value is -4.61. The lowest BCUT2D eigenvalue weighted by Gasteiger charge is -2.30. The summed E-state index contributed by atoms with van der Waals surface area (Å²) in [5, 5.41) is 65.4. The number of nitrogens with one attached hydrogen (secondary N) is 3. The Bertz CT molecular complexity index is 1780. The van der Waals surface area contributed by atoms with E-state index in [1.165, 1.54) is 10.9 Å². The van der Waals surface area contributed by atoms with E-state index in [1.807, 2.05) is 41.3 Å². The van der Waals surface area contributed by atoms with Crippen molar-refractivity contribution in [3.63, 3.8) is 0 Å². The molecule has 0 saturated carbocycles. The van der Waals surface area contributed by atoms with Gasteiger partial charge in [0.25, 0.3) is 5.91 Å². The van der Waals surface area contributed by atoms with Gasteiger partial charge in [-0.1, -0.05) is 66.2 Å². The Morgan fingerprint density at radius 2 is 1.53 bits per heavy atom. The van der Waals surface area contributed by atoms with E-state index in [2.05, 4.69) is 50.9 Å². The van der Waals surface area contributed by atoms with Crippen LogP contribution in [-0.2, 0) is 12.8 Å². The molecule has 4 atom stereocenters. The first-order valence-corrected chi connectivity index (χ1v) is 17.8. The van der Waals surface area contributed by atoms with E-state index in [0.717, 1.165) is 43.1 Å². The molecule has 0 spiro atoms. The monoisotopic (exact) mass is 752 g/mol. The molecule has 1 heterocycles. The molecule has 0 aliphatic rings. The summed E-state index contributed by atoms with van der Waals surface area (Å²) < 4.78 is 6.00. The third-order valence-electron chi connectivity index (χ3n) is 8.68. The van der Waals surface area contributed by atoms with Crippen molar-refractivity contribution in [1.82, 2.24) is 25.5 Å². The molecule has 0 bridgehead atoms. The zero-order valence-corrected chi connectivity index (χ0v) is 30.1. The molecule has 4 unspecified atom stereocenters. The van der Waals surface area contributed by atoms with E-state index in [0.29, 0.717) is 32.0 Å². The maximum absolute atomic E-state index is 12.4. The van der Waals surface area contributed by atoms with E-state index in [-0.39, 0.29) is 35.0 Å². The van der Waals surface area contributed by atoms with Crippen molar-refractivity contribution in [3.8, 4) is 5.75 Å². The molecule has 286 valence electrons. The normalized spacial score (nSPS) is 13.7. The van der Waals surface area contributed by atoms with Crippen LogP contribution >= 0.6 is 11.6 Å². The zero-order valence-electron chi connectivity index (χ0n) is 29.4. The molecular formula is C37H49ClN8O7. The van der Waals surface area contributed by atoms with Crippen molar-refractivity contribution in [2.24, 2.45) is 0 Å². The van der Waals surface area contributed by atoms with Gasteiger partial charge < -0.3 is 47.1 Å². The molecule has 15 nitrogen and oxygen atoms in total. The summed E-state index contributed by atoms with van der Waals surface area (Å²) in [6.45, 7) is 1.05. The smallest absolute Gasteiger partial charge is 0.280 e. The quantitative estimate of drug-likeness (QED) is 0.0349. The number of hydrogen-bond acceptors (Lipinski definition) is 13. The maximum Gasteiger partial charge on any atom is 0.280 e. The number of fused-ring (bicyclic) bond motifs is 1. The third kappa shape index (κ3) is 12.8. The number of anilines is 2. The topological polar surface area (TPSA) is 256 Å². The standard InChI is InChI=1S/C37H49ClN8O7/c38-33-35(40)44-34(39)30(43-33)36(52)45-37(41)42-16-4-3-6-23-11-14-27(15-12-23)53-19-18-46(21-28(48)31(50)32(51)29(49)22-47)17-5-7-24-10-13-25-8-1-2-9-26(25)20-24/h1-2,8-15,20,28-29,31-32,47-51H,3-7,16-19,21-22H2,(H4,39,40,44)(H3,41,42,45,52). The summed E-state index contributed by atoms with van der Waals surface area (Å²) in [5.74, 6) is -0.550. The zero-order chi connectivity index (χ0) is 38.3. The number of aromatic nitrogens is 2. The lowest BCUT2D eigenvalue weighted by Crippen LogP contribution is -2.50. The second-order valence-corrected chi connectivity index (χ2v) is 13.1. The van der Waals surface area contributed by atoms with Gasteiger partial charge in [0.2, 0.25) is 0 Å². The number of hydrogen-bond donors (Lipinski definition) is 10. The van der Waals surface area contributed by atoms with Crippen LogP contribution < -0.4 is 26.8 Å². The highest BCUT2D eigenvalue weighted by molar-refractivity contribution is 6.31. The SMILES string of the molecule is N=C(NCCCCc1ccc(OCCN(CCCc2ccc3ccccc3c2)CC(O)C(O)C(O)C(O)CO)cc1)NC(=O)c1nc(Cl)c(N)nc1N. The van der Waals surface area contributed by atoms with E-state index in [9.17, 15) is 25.2 Å². The van der Waals surface area contributed by atoms with Crippen LogP contribution in [-0.4, -0.2) is 116 Å². The lowest BCUT2D eigenvalue weighted by atomic mass is 10.0. The number of amides is 1. The van der Waals surface area contributed by atoms with Crippen molar-refractivity contribution in [1.29, 1.82) is 5.41 Å². The van der Waals surface area contributed by atoms with Crippen molar-refractivity contribution in [2.75, 3.05) is 50.9 Å². The Morgan fingerprint density at radius 1 is 0.849 bits per heavy atom. The number of unbranched alkanes of at least 4 members (excludes halogenated alkanes) is 1. The molecule has 3 aromatic carbocycles. The molecule has 0 aliphatic heterocycles. The molecule has 1 aromatic heterocycles. The third-order valence-corrected chi connectivity index (χ3v) is 8.95. The maximum atomic E-state index is 12.4. The van der Waals surface area contributed by atoms with Crippen LogP contribution in [0.2, 0.25) is 5.15 Å². The number of nitrogen functional groups attached to an aromatic ring is 2. The van der Waals surface area contributed by atoms with Crippen LogP contribution in [0.15, 0.2) is 66.7 Å². The fourth-order valence-corrected chi connectivity index (χ4v) is 5.80. The number of rotatable bonds is 20. The van der Waals surface area contributed by atoms with Gasteiger partial charge in [-0.05, 0) is 72.7 Å². The number of aliphatic hydroxyl groups excluding tert-OH is 5. The number of aliphatic hydroxyl groups is 5. The molecule has 4 aromatic rings. The number of ether oxygens (including phenoxy) is 1. The number of carbonyl (C=O) groups is 1. The van der Waals surface area contributed by atoms with E-state index < -0.39 is 36.9 Å². The van der Waals surface area contributed by atoms with Crippen LogP contribution in [0.3, 0.4) is 0 Å². The van der Waals surface area contributed by atoms with Gasteiger partial charge >= 0.3 is 0 Å². The lowest BCUT2D eigenvalue weighted by molar-refractivity contribution is -0.119. The summed E-state index contributed by atoms with van der Waals surface area (Å²) in [4.78, 5) is 21.9. The molecule has 53 heavy (non-hydrogen) atoms. The van der Waals surface area contributed by atoms with E-state index in [1.54, 1.807) is 0 Å². The Labute approximate surface area is 313 Å². The van der Waals surface area contributed by atoms with Crippen molar-refractivity contribution in [3.05, 3.63) is 88.7 Å². The minimum Gasteiger partial charge on any atom is -0.492 e. The second-order valence-electron chi connectivity index (χ2n) is 12.7. The summed E-state index contributed by atoms with van der Waals surface area (Å²) >= 11 is 5.82. The van der Waals surface area contributed by atoms with E-state index >= 15 is 0 Å². The fraction of sp³-hybridized carbons (Fsp3) is 0.405. The number of nitrogens with two attached hydrogens (primary N) is 2. The molecule has 4 rings (SSSR count). The highest BCUT2D eigenvalue weighted by atomic mass is 35.5. The minimum absolute atomic E-state index is 0.0257. The van der Waals surface area contributed by atoms with Gasteiger partial charge in [-0.3, -0.25) is 20.4 Å². The molecule has 0 aliphatic carbocycles. The van der Waals surface area contributed by atoms with Gasteiger partial charge in [-0.25, -0.2) is 9.97 Å². The number of halogens is 1. The average Bonchev–Trinajstić information content (AvgIpc) is 3.15. The predicted octanol–water partition coefficient (Wildman–Crippen LogP) is 1.47. The van der Waals surface area contributed by atoms with Gasteiger partial charge in [0, 0.05) is 19.6 Å². The van der Waals surface area contributed by atoms with Gasteiger partial charge in [-0.15, -0.1) is 0 Å².